The normalized spacial score (nSPS) is 44.1. The lowest BCUT2D eigenvalue weighted by atomic mass is 9.92. The summed E-state index contributed by atoms with van der Waals surface area (Å²) >= 11 is 0. The molecule has 2 aliphatic carbocycles. The maximum Gasteiger partial charge on any atom is 0.0541 e. The van der Waals surface area contributed by atoms with Crippen molar-refractivity contribution in [3.8, 4) is 0 Å². The van der Waals surface area contributed by atoms with E-state index >= 15 is 0 Å². The topological polar surface area (TPSA) is 35.5 Å². The lowest BCUT2D eigenvalue weighted by Crippen LogP contribution is -2.42. The van der Waals surface area contributed by atoms with Gasteiger partial charge in [-0.2, -0.15) is 0 Å². The van der Waals surface area contributed by atoms with Crippen LogP contribution in [0.15, 0.2) is 0 Å². The van der Waals surface area contributed by atoms with E-state index in [1.165, 1.54) is 25.8 Å². The monoisotopic (exact) mass is 238 g/mol. The van der Waals surface area contributed by atoms with Crippen LogP contribution in [0.25, 0.3) is 0 Å². The molecule has 3 aliphatic rings. The van der Waals surface area contributed by atoms with Gasteiger partial charge >= 0.3 is 0 Å². The average molecular weight is 238 g/mol. The molecule has 0 amide bonds. The molecule has 2 unspecified atom stereocenters. The van der Waals surface area contributed by atoms with E-state index in [1.807, 2.05) is 0 Å². The third-order valence-corrected chi connectivity index (χ3v) is 4.81. The minimum atomic E-state index is -0.0292. The lowest BCUT2D eigenvalue weighted by Gasteiger charge is -2.29. The number of likely N-dealkylation sites (tertiary alicyclic amines) is 1. The fourth-order valence-corrected chi connectivity index (χ4v) is 3.67. The molecule has 1 aliphatic heterocycles. The molecule has 2 atom stereocenters. The van der Waals surface area contributed by atoms with Gasteiger partial charge in [0.2, 0.25) is 0 Å². The number of nitrogens with one attached hydrogen (secondary N) is 1. The standard InChI is InChI=1S/C14H26N2O/c1-10-8-12(9-16(10)13-4-5-13)15-11-2-6-14(17)7-3-11/h10-15,17H,2-9H2,1H3. The highest BCUT2D eigenvalue weighted by atomic mass is 16.3. The Bertz CT molecular complexity index is 259. The number of aliphatic hydroxyl groups excluding tert-OH is 1. The zero-order valence-corrected chi connectivity index (χ0v) is 10.9. The third kappa shape index (κ3) is 2.83. The fourth-order valence-electron chi connectivity index (χ4n) is 3.67. The van der Waals surface area contributed by atoms with E-state index in [1.54, 1.807) is 0 Å². The van der Waals surface area contributed by atoms with E-state index < -0.39 is 0 Å². The van der Waals surface area contributed by atoms with Crippen molar-refractivity contribution in [3.63, 3.8) is 0 Å². The Hall–Kier alpha value is -0.120. The minimum Gasteiger partial charge on any atom is -0.393 e. The molecule has 2 N–H and O–H groups in total. The largest absolute Gasteiger partial charge is 0.393 e. The highest BCUT2D eigenvalue weighted by molar-refractivity contribution is 4.97. The van der Waals surface area contributed by atoms with Crippen LogP contribution in [0.1, 0.15) is 51.9 Å². The molecule has 3 heteroatoms. The van der Waals surface area contributed by atoms with E-state index in [4.69, 9.17) is 0 Å². The summed E-state index contributed by atoms with van der Waals surface area (Å²) in [5, 5.41) is 13.3. The second-order valence-electron chi connectivity index (χ2n) is 6.38. The van der Waals surface area contributed by atoms with Crippen molar-refractivity contribution in [3.05, 3.63) is 0 Å². The number of aliphatic hydroxyl groups is 1. The molecule has 0 radical (unpaired) electrons. The Morgan fingerprint density at radius 1 is 1.00 bits per heavy atom. The van der Waals surface area contributed by atoms with Crippen LogP contribution in [-0.4, -0.2) is 46.8 Å². The van der Waals surface area contributed by atoms with E-state index in [2.05, 4.69) is 17.1 Å². The summed E-state index contributed by atoms with van der Waals surface area (Å²) in [4.78, 5) is 2.70. The third-order valence-electron chi connectivity index (χ3n) is 4.81. The smallest absolute Gasteiger partial charge is 0.0541 e. The summed E-state index contributed by atoms with van der Waals surface area (Å²) < 4.78 is 0. The molecule has 3 nitrogen and oxygen atoms in total. The molecule has 17 heavy (non-hydrogen) atoms. The van der Waals surface area contributed by atoms with Gasteiger partial charge in [-0.15, -0.1) is 0 Å². The molecule has 98 valence electrons. The van der Waals surface area contributed by atoms with Crippen LogP contribution in [0.3, 0.4) is 0 Å². The Morgan fingerprint density at radius 3 is 2.35 bits per heavy atom. The van der Waals surface area contributed by atoms with Gasteiger partial charge in [0.15, 0.2) is 0 Å². The molecular weight excluding hydrogens is 212 g/mol. The molecule has 3 fully saturated rings. The second kappa shape index (κ2) is 4.87. The van der Waals surface area contributed by atoms with Gasteiger partial charge in [-0.25, -0.2) is 0 Å². The van der Waals surface area contributed by atoms with Crippen molar-refractivity contribution in [1.29, 1.82) is 0 Å². The summed E-state index contributed by atoms with van der Waals surface area (Å²) in [6.45, 7) is 3.63. The quantitative estimate of drug-likeness (QED) is 0.782. The molecule has 1 heterocycles. The second-order valence-corrected chi connectivity index (χ2v) is 6.38. The van der Waals surface area contributed by atoms with Crippen LogP contribution in [0.2, 0.25) is 0 Å². The summed E-state index contributed by atoms with van der Waals surface area (Å²) in [6.07, 6.45) is 8.44. The number of hydrogen-bond acceptors (Lipinski definition) is 3. The summed E-state index contributed by atoms with van der Waals surface area (Å²) in [5.74, 6) is 0. The SMILES string of the molecule is CC1CC(NC2CCC(O)CC2)CN1C1CC1. The predicted molar refractivity (Wildman–Crippen MR) is 69.0 cm³/mol. The van der Waals surface area contributed by atoms with Crippen molar-refractivity contribution in [1.82, 2.24) is 10.2 Å². The zero-order chi connectivity index (χ0) is 11.8. The van der Waals surface area contributed by atoms with E-state index in [-0.39, 0.29) is 6.10 Å². The fraction of sp³-hybridized carbons (Fsp3) is 1.00. The van der Waals surface area contributed by atoms with Gasteiger partial charge in [0.05, 0.1) is 6.10 Å². The van der Waals surface area contributed by atoms with Gasteiger partial charge < -0.3 is 10.4 Å². The molecule has 0 bridgehead atoms. The van der Waals surface area contributed by atoms with Crippen LogP contribution in [0.5, 0.6) is 0 Å². The first-order valence-corrected chi connectivity index (χ1v) is 7.42. The highest BCUT2D eigenvalue weighted by Gasteiger charge is 2.39. The van der Waals surface area contributed by atoms with Crippen molar-refractivity contribution >= 4 is 0 Å². The molecule has 2 saturated carbocycles. The average Bonchev–Trinajstić information content (AvgIpc) is 3.08. The Kier molecular flexibility index (Phi) is 3.42. The summed E-state index contributed by atoms with van der Waals surface area (Å²) in [7, 11) is 0. The molecule has 0 aromatic heterocycles. The molecule has 0 aromatic rings. The van der Waals surface area contributed by atoms with Gasteiger partial charge in [0, 0.05) is 30.7 Å². The first kappa shape index (κ1) is 11.9. The number of nitrogens with zero attached hydrogens (tertiary/aromatic N) is 1. The maximum absolute atomic E-state index is 9.52. The van der Waals surface area contributed by atoms with Crippen molar-refractivity contribution in [2.45, 2.75) is 82.1 Å². The summed E-state index contributed by atoms with van der Waals surface area (Å²) in [5.41, 5.74) is 0. The Labute approximate surface area is 105 Å². The summed E-state index contributed by atoms with van der Waals surface area (Å²) in [6, 6.07) is 3.04. The maximum atomic E-state index is 9.52. The van der Waals surface area contributed by atoms with Gasteiger partial charge in [-0.1, -0.05) is 0 Å². The van der Waals surface area contributed by atoms with E-state index in [9.17, 15) is 5.11 Å². The molecule has 1 saturated heterocycles. The zero-order valence-electron chi connectivity index (χ0n) is 10.9. The van der Waals surface area contributed by atoms with Crippen LogP contribution >= 0.6 is 0 Å². The van der Waals surface area contributed by atoms with Crippen LogP contribution < -0.4 is 5.32 Å². The highest BCUT2D eigenvalue weighted by Crippen LogP contribution is 2.33. The van der Waals surface area contributed by atoms with Crippen LogP contribution in [-0.2, 0) is 0 Å². The van der Waals surface area contributed by atoms with Crippen molar-refractivity contribution in [2.24, 2.45) is 0 Å². The van der Waals surface area contributed by atoms with Gasteiger partial charge in [-0.3, -0.25) is 4.90 Å². The first-order valence-electron chi connectivity index (χ1n) is 7.42. The predicted octanol–water partition coefficient (Wildman–Crippen LogP) is 1.50. The molecule has 3 rings (SSSR count). The molecular formula is C14H26N2O. The minimum absolute atomic E-state index is 0.0292. The van der Waals surface area contributed by atoms with Gasteiger partial charge in [0.1, 0.15) is 0 Å². The molecule has 0 aromatic carbocycles. The Balaban J connectivity index is 1.46. The van der Waals surface area contributed by atoms with Crippen LogP contribution in [0.4, 0.5) is 0 Å². The van der Waals surface area contributed by atoms with Crippen molar-refractivity contribution in [2.75, 3.05) is 6.54 Å². The lowest BCUT2D eigenvalue weighted by molar-refractivity contribution is 0.114. The van der Waals surface area contributed by atoms with Crippen molar-refractivity contribution < 1.29 is 5.11 Å². The van der Waals surface area contributed by atoms with Crippen LogP contribution in [0, 0.1) is 0 Å². The van der Waals surface area contributed by atoms with E-state index in [0.29, 0.717) is 12.1 Å². The number of hydrogen-bond donors (Lipinski definition) is 2. The Morgan fingerprint density at radius 2 is 1.71 bits per heavy atom. The number of rotatable bonds is 3. The van der Waals surface area contributed by atoms with Gasteiger partial charge in [0.25, 0.3) is 0 Å². The molecule has 0 spiro atoms. The van der Waals surface area contributed by atoms with Gasteiger partial charge in [-0.05, 0) is 51.9 Å². The van der Waals surface area contributed by atoms with E-state index in [0.717, 1.165) is 37.8 Å². The first-order chi connectivity index (χ1) is 8.22.